The van der Waals surface area contributed by atoms with E-state index in [-0.39, 0.29) is 17.7 Å². The lowest BCUT2D eigenvalue weighted by Crippen LogP contribution is -2.48. The lowest BCUT2D eigenvalue weighted by Gasteiger charge is -2.34. The molecule has 22 heavy (non-hydrogen) atoms. The molecule has 0 spiro atoms. The first-order valence-corrected chi connectivity index (χ1v) is 7.99. The molecule has 2 aliphatic heterocycles. The van der Waals surface area contributed by atoms with Crippen LogP contribution in [0, 0.1) is 5.92 Å². The van der Waals surface area contributed by atoms with Crippen molar-refractivity contribution in [3.63, 3.8) is 0 Å². The Bertz CT molecular complexity index is 573. The van der Waals surface area contributed by atoms with Gasteiger partial charge in [0.25, 0.3) is 0 Å². The molecule has 1 saturated heterocycles. The molecule has 5 nitrogen and oxygen atoms in total. The number of fused-ring (bicyclic) bond motifs is 1. The minimum atomic E-state index is -0.288. The Balaban J connectivity index is 1.57. The third kappa shape index (κ3) is 3.30. The first-order valence-electron chi connectivity index (χ1n) is 7.99. The number of hydrogen-bond acceptors (Lipinski definition) is 3. The van der Waals surface area contributed by atoms with Crippen LogP contribution in [0.1, 0.15) is 24.0 Å². The first kappa shape index (κ1) is 15.0. The average molecular weight is 301 g/mol. The van der Waals surface area contributed by atoms with E-state index in [1.165, 1.54) is 11.1 Å². The quantitative estimate of drug-likeness (QED) is 0.896. The number of rotatable bonds is 3. The Hall–Kier alpha value is -1.88. The number of amides is 2. The van der Waals surface area contributed by atoms with Crippen molar-refractivity contribution in [2.45, 2.75) is 25.8 Å². The van der Waals surface area contributed by atoms with Gasteiger partial charge in [-0.2, -0.15) is 0 Å². The van der Waals surface area contributed by atoms with Gasteiger partial charge in [-0.25, -0.2) is 0 Å². The van der Waals surface area contributed by atoms with Gasteiger partial charge in [0.15, 0.2) is 0 Å². The summed E-state index contributed by atoms with van der Waals surface area (Å²) in [6.45, 7) is 3.40. The van der Waals surface area contributed by atoms with Gasteiger partial charge in [0, 0.05) is 26.2 Å². The molecule has 3 rings (SSSR count). The smallest absolute Gasteiger partial charge is 0.236 e. The highest BCUT2D eigenvalue weighted by atomic mass is 16.2. The molecule has 0 aromatic heterocycles. The predicted octanol–water partition coefficient (Wildman–Crippen LogP) is 0.769. The van der Waals surface area contributed by atoms with Gasteiger partial charge < -0.3 is 10.6 Å². The summed E-state index contributed by atoms with van der Waals surface area (Å²) in [6, 6.07) is 8.41. The maximum atomic E-state index is 12.5. The third-order valence-electron chi connectivity index (χ3n) is 4.75. The zero-order valence-corrected chi connectivity index (χ0v) is 12.8. The van der Waals surface area contributed by atoms with Gasteiger partial charge in [0.05, 0.1) is 12.5 Å². The Morgan fingerprint density at radius 3 is 2.73 bits per heavy atom. The molecule has 0 bridgehead atoms. The topological polar surface area (TPSA) is 66.6 Å². The van der Waals surface area contributed by atoms with E-state index in [1.807, 2.05) is 6.07 Å². The minimum absolute atomic E-state index is 0.116. The molecule has 2 amide bonds. The first-order chi connectivity index (χ1) is 10.6. The summed E-state index contributed by atoms with van der Waals surface area (Å²) >= 11 is 0. The molecule has 2 N–H and O–H groups in total. The monoisotopic (exact) mass is 301 g/mol. The molecule has 0 aliphatic carbocycles. The standard InChI is InChI=1S/C17H23N3O2/c18-17(22)15-6-3-8-20(11-15)16(21)12-19-9-7-13-4-1-2-5-14(13)10-19/h1-2,4-5,15H,3,6-12H2,(H2,18,22)/t15-/m1/s1. The summed E-state index contributed by atoms with van der Waals surface area (Å²) < 4.78 is 0. The summed E-state index contributed by atoms with van der Waals surface area (Å²) in [5.74, 6) is -0.352. The summed E-state index contributed by atoms with van der Waals surface area (Å²) in [4.78, 5) is 27.8. The van der Waals surface area contributed by atoms with E-state index in [4.69, 9.17) is 5.73 Å². The summed E-state index contributed by atoms with van der Waals surface area (Å²) in [6.07, 6.45) is 2.66. The molecular weight excluding hydrogens is 278 g/mol. The lowest BCUT2D eigenvalue weighted by molar-refractivity contribution is -0.136. The van der Waals surface area contributed by atoms with E-state index in [1.54, 1.807) is 4.90 Å². The summed E-state index contributed by atoms with van der Waals surface area (Å²) in [5.41, 5.74) is 8.08. The van der Waals surface area contributed by atoms with Crippen LogP contribution in [-0.4, -0.2) is 47.8 Å². The van der Waals surface area contributed by atoms with Crippen LogP contribution in [0.3, 0.4) is 0 Å². The van der Waals surface area contributed by atoms with Crippen LogP contribution in [0.25, 0.3) is 0 Å². The highest BCUT2D eigenvalue weighted by Crippen LogP contribution is 2.20. The number of nitrogens with zero attached hydrogens (tertiary/aromatic N) is 2. The van der Waals surface area contributed by atoms with Crippen LogP contribution in [0.4, 0.5) is 0 Å². The molecule has 1 fully saturated rings. The molecule has 1 aromatic carbocycles. The van der Waals surface area contributed by atoms with Crippen LogP contribution in [-0.2, 0) is 22.6 Å². The minimum Gasteiger partial charge on any atom is -0.369 e. The maximum absolute atomic E-state index is 12.5. The molecule has 118 valence electrons. The van der Waals surface area contributed by atoms with Gasteiger partial charge >= 0.3 is 0 Å². The summed E-state index contributed by atoms with van der Waals surface area (Å²) in [5, 5.41) is 0. The van der Waals surface area contributed by atoms with Crippen molar-refractivity contribution in [2.75, 3.05) is 26.2 Å². The fraction of sp³-hybridized carbons (Fsp3) is 0.529. The van der Waals surface area contributed by atoms with Crippen molar-refractivity contribution >= 4 is 11.8 Å². The van der Waals surface area contributed by atoms with Gasteiger partial charge in [-0.15, -0.1) is 0 Å². The van der Waals surface area contributed by atoms with Gasteiger partial charge in [-0.1, -0.05) is 24.3 Å². The largest absolute Gasteiger partial charge is 0.369 e. The van der Waals surface area contributed by atoms with Crippen molar-refractivity contribution in [1.82, 2.24) is 9.80 Å². The SMILES string of the molecule is NC(=O)[C@@H]1CCCN(C(=O)CN2CCc3ccccc3C2)C1. The normalized spacial score (nSPS) is 22.2. The number of primary amides is 1. The Morgan fingerprint density at radius 2 is 1.95 bits per heavy atom. The van der Waals surface area contributed by atoms with Crippen molar-refractivity contribution in [3.05, 3.63) is 35.4 Å². The molecule has 5 heteroatoms. The van der Waals surface area contributed by atoms with Crippen molar-refractivity contribution in [3.8, 4) is 0 Å². The predicted molar refractivity (Wildman–Crippen MR) is 83.9 cm³/mol. The van der Waals surface area contributed by atoms with E-state index in [0.29, 0.717) is 13.1 Å². The zero-order chi connectivity index (χ0) is 15.5. The molecule has 1 aromatic rings. The summed E-state index contributed by atoms with van der Waals surface area (Å²) in [7, 11) is 0. The van der Waals surface area contributed by atoms with Crippen LogP contribution < -0.4 is 5.73 Å². The highest BCUT2D eigenvalue weighted by Gasteiger charge is 2.28. The molecule has 1 atom stereocenters. The van der Waals surface area contributed by atoms with E-state index in [2.05, 4.69) is 23.1 Å². The van der Waals surface area contributed by atoms with Gasteiger partial charge in [-0.05, 0) is 30.4 Å². The van der Waals surface area contributed by atoms with E-state index >= 15 is 0 Å². The van der Waals surface area contributed by atoms with E-state index in [9.17, 15) is 9.59 Å². The Labute approximate surface area is 131 Å². The maximum Gasteiger partial charge on any atom is 0.236 e. The molecule has 0 radical (unpaired) electrons. The molecule has 0 saturated carbocycles. The number of carbonyl (C=O) groups excluding carboxylic acids is 2. The molecule has 2 aliphatic rings. The van der Waals surface area contributed by atoms with Gasteiger partial charge in [0.2, 0.25) is 11.8 Å². The zero-order valence-electron chi connectivity index (χ0n) is 12.8. The van der Waals surface area contributed by atoms with Crippen molar-refractivity contribution in [2.24, 2.45) is 11.7 Å². The number of carbonyl (C=O) groups is 2. The van der Waals surface area contributed by atoms with Crippen molar-refractivity contribution in [1.29, 1.82) is 0 Å². The number of nitrogens with two attached hydrogens (primary N) is 1. The van der Waals surface area contributed by atoms with E-state index in [0.717, 1.165) is 38.9 Å². The molecule has 2 heterocycles. The number of piperidine rings is 1. The van der Waals surface area contributed by atoms with E-state index < -0.39 is 0 Å². The molecular formula is C17H23N3O2. The van der Waals surface area contributed by atoms with Gasteiger partial charge in [0.1, 0.15) is 0 Å². The van der Waals surface area contributed by atoms with Gasteiger partial charge in [-0.3, -0.25) is 14.5 Å². The highest BCUT2D eigenvalue weighted by molar-refractivity contribution is 5.81. The second-order valence-corrected chi connectivity index (χ2v) is 6.31. The van der Waals surface area contributed by atoms with Crippen molar-refractivity contribution < 1.29 is 9.59 Å². The lowest BCUT2D eigenvalue weighted by atomic mass is 9.97. The average Bonchev–Trinajstić information content (AvgIpc) is 2.55. The Kier molecular flexibility index (Phi) is 4.43. The number of hydrogen-bond donors (Lipinski definition) is 1. The second-order valence-electron chi connectivity index (χ2n) is 6.31. The van der Waals surface area contributed by atoms with Crippen LogP contribution in [0.2, 0.25) is 0 Å². The fourth-order valence-corrected chi connectivity index (χ4v) is 3.42. The molecule has 0 unspecified atom stereocenters. The van der Waals surface area contributed by atoms with Crippen LogP contribution in [0.15, 0.2) is 24.3 Å². The second kappa shape index (κ2) is 6.48. The number of benzene rings is 1. The fourth-order valence-electron chi connectivity index (χ4n) is 3.42. The van der Waals surface area contributed by atoms with Crippen LogP contribution >= 0.6 is 0 Å². The third-order valence-corrected chi connectivity index (χ3v) is 4.75. The van der Waals surface area contributed by atoms with Crippen LogP contribution in [0.5, 0.6) is 0 Å². The Morgan fingerprint density at radius 1 is 1.18 bits per heavy atom. The number of likely N-dealkylation sites (tertiary alicyclic amines) is 1.